The van der Waals surface area contributed by atoms with Crippen LogP contribution in [0.3, 0.4) is 0 Å². The maximum Gasteiger partial charge on any atom is 0.350 e. The first-order valence-electron chi connectivity index (χ1n) is 6.53. The fourth-order valence-electron chi connectivity index (χ4n) is 2.17. The lowest BCUT2D eigenvalue weighted by Gasteiger charge is -2.17. The van der Waals surface area contributed by atoms with Gasteiger partial charge in [0.2, 0.25) is 0 Å². The monoisotopic (exact) mass is 335 g/mol. The van der Waals surface area contributed by atoms with E-state index in [9.17, 15) is 14.2 Å². The molecule has 3 atom stereocenters. The van der Waals surface area contributed by atoms with Crippen molar-refractivity contribution in [1.29, 1.82) is 0 Å². The molecule has 1 saturated heterocycles. The molecule has 0 bridgehead atoms. The van der Waals surface area contributed by atoms with Crippen molar-refractivity contribution >= 4 is 7.60 Å². The molecule has 1 aromatic heterocycles. The molecule has 1 aliphatic rings. The largest absolute Gasteiger partial charge is 0.366 e. The molecular weight excluding hydrogens is 317 g/mol. The zero-order chi connectivity index (χ0) is 16.5. The number of rotatable bonds is 5. The van der Waals surface area contributed by atoms with E-state index in [1.54, 1.807) is 6.92 Å². The molecule has 1 aromatic rings. The highest BCUT2D eigenvalue weighted by molar-refractivity contribution is 7.51. The van der Waals surface area contributed by atoms with Crippen molar-refractivity contribution in [3.05, 3.63) is 32.6 Å². The van der Waals surface area contributed by atoms with Crippen LogP contribution in [0.15, 0.2) is 15.8 Å². The van der Waals surface area contributed by atoms with Gasteiger partial charge in [0.05, 0.1) is 12.7 Å². The Balaban J connectivity index is 2.05. The predicted octanol–water partition coefficient (Wildman–Crippen LogP) is -1.39. The number of hydrogen-bond donors (Lipinski definition) is 4. The summed E-state index contributed by atoms with van der Waals surface area (Å²) in [7, 11) is -4.25. The third kappa shape index (κ3) is 4.13. The second-order valence-electron chi connectivity index (χ2n) is 5.17. The van der Waals surface area contributed by atoms with Crippen LogP contribution in [0, 0.1) is 6.92 Å². The molecule has 0 amide bonds. The van der Waals surface area contributed by atoms with Crippen LogP contribution in [0.1, 0.15) is 18.2 Å². The summed E-state index contributed by atoms with van der Waals surface area (Å²) >= 11 is 0. The molecule has 1 aliphatic heterocycles. The van der Waals surface area contributed by atoms with Crippen LogP contribution in [-0.2, 0) is 14.0 Å². The zero-order valence-corrected chi connectivity index (χ0v) is 12.7. The molecule has 0 aliphatic carbocycles. The van der Waals surface area contributed by atoms with Crippen molar-refractivity contribution in [2.75, 3.05) is 13.0 Å². The van der Waals surface area contributed by atoms with Crippen LogP contribution in [0.4, 0.5) is 0 Å². The van der Waals surface area contributed by atoms with Crippen molar-refractivity contribution in [3.63, 3.8) is 0 Å². The van der Waals surface area contributed by atoms with E-state index < -0.39 is 43.6 Å². The summed E-state index contributed by atoms with van der Waals surface area (Å²) in [6, 6.07) is -0.457. The maximum atomic E-state index is 11.8. The number of aromatic amines is 1. The summed E-state index contributed by atoms with van der Waals surface area (Å²) < 4.78 is 22.4. The Hall–Kier alpha value is -1.29. The molecule has 2 heterocycles. The van der Waals surface area contributed by atoms with Crippen LogP contribution in [-0.4, -0.2) is 44.4 Å². The molecule has 10 nitrogen and oxygen atoms in total. The number of nitrogens with one attached hydrogen (secondary N) is 1. The smallest absolute Gasteiger partial charge is 0.350 e. The average molecular weight is 335 g/mol. The number of aryl methyl sites for hydroxylation is 1. The third-order valence-corrected chi connectivity index (χ3v) is 3.80. The van der Waals surface area contributed by atoms with Gasteiger partial charge in [0.15, 0.2) is 0 Å². The summed E-state index contributed by atoms with van der Waals surface area (Å²) in [6.45, 7) is 1.46. The molecular formula is C11H18N3O7P. The van der Waals surface area contributed by atoms with E-state index in [0.717, 1.165) is 0 Å². The van der Waals surface area contributed by atoms with Crippen LogP contribution >= 0.6 is 7.60 Å². The Bertz CT molecular complexity index is 694. The van der Waals surface area contributed by atoms with Crippen LogP contribution in [0.25, 0.3) is 0 Å². The molecule has 0 radical (unpaired) electrons. The van der Waals surface area contributed by atoms with E-state index >= 15 is 0 Å². The van der Waals surface area contributed by atoms with Gasteiger partial charge in [0, 0.05) is 24.2 Å². The van der Waals surface area contributed by atoms with E-state index in [2.05, 4.69) is 4.98 Å². The normalized spacial score (nSPS) is 25.5. The lowest BCUT2D eigenvalue weighted by atomic mass is 10.1. The van der Waals surface area contributed by atoms with Crippen molar-refractivity contribution < 1.29 is 23.8 Å². The number of nitrogens with zero attached hydrogens (tertiary/aromatic N) is 1. The quantitative estimate of drug-likeness (QED) is 0.479. The van der Waals surface area contributed by atoms with Crippen LogP contribution in [0.5, 0.6) is 0 Å². The van der Waals surface area contributed by atoms with Crippen molar-refractivity contribution in [2.24, 2.45) is 5.73 Å². The minimum Gasteiger partial charge on any atom is -0.366 e. The van der Waals surface area contributed by atoms with Gasteiger partial charge >= 0.3 is 13.3 Å². The van der Waals surface area contributed by atoms with Gasteiger partial charge in [-0.15, -0.1) is 0 Å². The van der Waals surface area contributed by atoms with Crippen molar-refractivity contribution in [3.8, 4) is 0 Å². The summed E-state index contributed by atoms with van der Waals surface area (Å²) in [5, 5.41) is 0. The van der Waals surface area contributed by atoms with E-state index in [4.69, 9.17) is 25.0 Å². The van der Waals surface area contributed by atoms with E-state index in [-0.39, 0.29) is 6.61 Å². The van der Waals surface area contributed by atoms with Crippen LogP contribution in [0.2, 0.25) is 0 Å². The standard InChI is InChI=1S/C11H18N3O7P/c1-6-3-14(11(16)13-10(6)15)9-2-7(12)8(21-9)4-20-5-22(17,18)19/h3,7-9H,2,4-5,12H2,1H3,(H,13,15,16)(H2,17,18,19)/t7-,8+,9+/m0/s1. The molecule has 22 heavy (non-hydrogen) atoms. The lowest BCUT2D eigenvalue weighted by molar-refractivity contribution is -0.0403. The van der Waals surface area contributed by atoms with E-state index in [1.807, 2.05) is 0 Å². The predicted molar refractivity (Wildman–Crippen MR) is 75.4 cm³/mol. The first-order valence-corrected chi connectivity index (χ1v) is 8.32. The molecule has 0 saturated carbocycles. The molecule has 1 fully saturated rings. The number of H-pyrrole nitrogens is 1. The average Bonchev–Trinajstić information content (AvgIpc) is 2.74. The first-order chi connectivity index (χ1) is 10.2. The number of aromatic nitrogens is 2. The number of nitrogens with two attached hydrogens (primary N) is 1. The van der Waals surface area contributed by atoms with E-state index in [0.29, 0.717) is 12.0 Å². The van der Waals surface area contributed by atoms with Crippen molar-refractivity contribution in [2.45, 2.75) is 31.7 Å². The van der Waals surface area contributed by atoms with Crippen LogP contribution < -0.4 is 17.0 Å². The van der Waals surface area contributed by atoms with Gasteiger partial charge in [0.1, 0.15) is 12.6 Å². The second-order valence-corrected chi connectivity index (χ2v) is 6.76. The highest BCUT2D eigenvalue weighted by Crippen LogP contribution is 2.34. The summed E-state index contributed by atoms with van der Waals surface area (Å²) in [5.74, 6) is 0. The van der Waals surface area contributed by atoms with Gasteiger partial charge in [-0.2, -0.15) is 0 Å². The summed E-state index contributed by atoms with van der Waals surface area (Å²) in [6.07, 6.45) is -0.285. The SMILES string of the molecule is Cc1cn([C@H]2C[C@H](N)[C@@H](COCP(=O)(O)O)O2)c(=O)[nH]c1=O. The molecule has 5 N–H and O–H groups in total. The summed E-state index contributed by atoms with van der Waals surface area (Å²) in [5.41, 5.74) is 5.17. The Morgan fingerprint density at radius 3 is 2.86 bits per heavy atom. The Kier molecular flexibility index (Phi) is 5.00. The molecule has 0 unspecified atom stereocenters. The molecule has 11 heteroatoms. The van der Waals surface area contributed by atoms with Crippen molar-refractivity contribution in [1.82, 2.24) is 9.55 Å². The fourth-order valence-corrected chi connectivity index (χ4v) is 2.52. The highest BCUT2D eigenvalue weighted by atomic mass is 31.2. The fraction of sp³-hybridized carbons (Fsp3) is 0.636. The minimum atomic E-state index is -4.25. The molecule has 0 aromatic carbocycles. The zero-order valence-electron chi connectivity index (χ0n) is 11.8. The second kappa shape index (κ2) is 6.45. The van der Waals surface area contributed by atoms with Gasteiger partial charge in [0.25, 0.3) is 5.56 Å². The topological polar surface area (TPSA) is 157 Å². The van der Waals surface area contributed by atoms with Gasteiger partial charge in [-0.25, -0.2) is 4.79 Å². The molecule has 0 spiro atoms. The highest BCUT2D eigenvalue weighted by Gasteiger charge is 2.35. The molecule has 2 rings (SSSR count). The van der Waals surface area contributed by atoms with Gasteiger partial charge < -0.3 is 25.0 Å². The van der Waals surface area contributed by atoms with Gasteiger partial charge in [-0.1, -0.05) is 0 Å². The summed E-state index contributed by atoms with van der Waals surface area (Å²) in [4.78, 5) is 42.7. The third-order valence-electron chi connectivity index (χ3n) is 3.28. The van der Waals surface area contributed by atoms with Gasteiger partial charge in [-0.3, -0.25) is 18.9 Å². The minimum absolute atomic E-state index is 0.0974. The molecule has 124 valence electrons. The number of ether oxygens (including phenoxy) is 2. The Labute approximate surface area is 125 Å². The first kappa shape index (κ1) is 17.1. The number of hydrogen-bond acceptors (Lipinski definition) is 6. The van der Waals surface area contributed by atoms with E-state index in [1.165, 1.54) is 10.8 Å². The maximum absolute atomic E-state index is 11.8. The Morgan fingerprint density at radius 1 is 1.55 bits per heavy atom. The van der Waals surface area contributed by atoms with Gasteiger partial charge in [-0.05, 0) is 6.92 Å². The lowest BCUT2D eigenvalue weighted by Crippen LogP contribution is -2.34. The Morgan fingerprint density at radius 2 is 2.23 bits per heavy atom.